The van der Waals surface area contributed by atoms with E-state index in [4.69, 9.17) is 5.73 Å². The van der Waals surface area contributed by atoms with Crippen molar-refractivity contribution in [1.82, 2.24) is 4.72 Å². The van der Waals surface area contributed by atoms with Crippen LogP contribution in [0.1, 0.15) is 6.92 Å². The first-order valence-corrected chi connectivity index (χ1v) is 4.79. The molecule has 0 aliphatic heterocycles. The zero-order valence-electron chi connectivity index (χ0n) is 7.11. The van der Waals surface area contributed by atoms with Gasteiger partial charge < -0.3 is 10.3 Å². The molecule has 1 atom stereocenters. The molecule has 4 nitrogen and oxygen atoms in total. The summed E-state index contributed by atoms with van der Waals surface area (Å²) in [5, 5.41) is 0. The summed E-state index contributed by atoms with van der Waals surface area (Å²) in [5.41, 5.74) is 6.04. The van der Waals surface area contributed by atoms with Crippen LogP contribution in [0.3, 0.4) is 0 Å². The molecule has 0 aliphatic carbocycles. The molecular weight excluding hydrogens is 188 g/mol. The molecule has 3 N–H and O–H groups in total. The van der Waals surface area contributed by atoms with Crippen molar-refractivity contribution in [3.63, 3.8) is 0 Å². The van der Waals surface area contributed by atoms with Crippen molar-refractivity contribution in [2.45, 2.75) is 11.8 Å². The molecule has 0 spiro atoms. The quantitative estimate of drug-likeness (QED) is 0.534. The first-order valence-electron chi connectivity index (χ1n) is 3.64. The second-order valence-electron chi connectivity index (χ2n) is 2.50. The molecule has 0 radical (unpaired) electrons. The largest absolute Gasteiger partial charge is 0.588 e. The van der Waals surface area contributed by atoms with Gasteiger partial charge in [0.25, 0.3) is 5.91 Å². The van der Waals surface area contributed by atoms with Crippen LogP contribution < -0.4 is 10.5 Å². The maximum absolute atomic E-state index is 11.3. The summed E-state index contributed by atoms with van der Waals surface area (Å²) in [4.78, 5) is 11.1. The summed E-state index contributed by atoms with van der Waals surface area (Å²) in [5.74, 6) is -0.324. The van der Waals surface area contributed by atoms with E-state index in [0.29, 0.717) is 10.6 Å². The lowest BCUT2D eigenvalue weighted by Gasteiger charge is -2.08. The molecule has 5 heteroatoms. The SMILES string of the molecule is CC(=O)N[S+]([O-])c1ccc(N)cc1. The van der Waals surface area contributed by atoms with E-state index in [9.17, 15) is 9.35 Å². The van der Waals surface area contributed by atoms with Crippen LogP contribution in [-0.2, 0) is 16.2 Å². The number of amides is 1. The molecule has 1 aromatic carbocycles. The van der Waals surface area contributed by atoms with Crippen molar-refractivity contribution in [3.05, 3.63) is 24.3 Å². The third-order valence-corrected chi connectivity index (χ3v) is 2.50. The summed E-state index contributed by atoms with van der Waals surface area (Å²) >= 11 is -1.48. The van der Waals surface area contributed by atoms with Gasteiger partial charge in [0.2, 0.25) is 0 Å². The van der Waals surface area contributed by atoms with Crippen molar-refractivity contribution < 1.29 is 9.35 Å². The van der Waals surface area contributed by atoms with Crippen LogP contribution in [0.4, 0.5) is 5.69 Å². The number of anilines is 1. The molecule has 0 aliphatic rings. The maximum Gasteiger partial charge on any atom is 0.258 e. The highest BCUT2D eigenvalue weighted by molar-refractivity contribution is 7.90. The van der Waals surface area contributed by atoms with Gasteiger partial charge in [0, 0.05) is 12.6 Å². The predicted molar refractivity (Wildman–Crippen MR) is 51.1 cm³/mol. The standard InChI is InChI=1S/C8H10N2O2S/c1-6(11)10-13(12)8-4-2-7(9)3-5-8/h2-5H,9H2,1H3,(H,10,11). The monoisotopic (exact) mass is 198 g/mol. The first kappa shape index (κ1) is 9.88. The van der Waals surface area contributed by atoms with Crippen molar-refractivity contribution in [3.8, 4) is 0 Å². The molecule has 0 bridgehead atoms. The van der Waals surface area contributed by atoms with Crippen LogP contribution in [-0.4, -0.2) is 10.5 Å². The highest BCUT2D eigenvalue weighted by Crippen LogP contribution is 2.10. The molecule has 0 aromatic heterocycles. The molecule has 13 heavy (non-hydrogen) atoms. The van der Waals surface area contributed by atoms with E-state index in [1.165, 1.54) is 6.92 Å². The van der Waals surface area contributed by atoms with Gasteiger partial charge in [-0.3, -0.25) is 4.79 Å². The van der Waals surface area contributed by atoms with Gasteiger partial charge in [-0.25, -0.2) is 0 Å². The van der Waals surface area contributed by atoms with Crippen molar-refractivity contribution in [2.24, 2.45) is 0 Å². The zero-order chi connectivity index (χ0) is 9.84. The van der Waals surface area contributed by atoms with Crippen LogP contribution in [0.2, 0.25) is 0 Å². The summed E-state index contributed by atoms with van der Waals surface area (Å²) in [6, 6.07) is 6.49. The lowest BCUT2D eigenvalue weighted by atomic mass is 10.3. The molecule has 1 unspecified atom stereocenters. The van der Waals surface area contributed by atoms with E-state index in [2.05, 4.69) is 4.72 Å². The number of nitrogen functional groups attached to an aromatic ring is 1. The van der Waals surface area contributed by atoms with E-state index in [1.807, 2.05) is 0 Å². The Morgan fingerprint density at radius 2 is 2.00 bits per heavy atom. The fourth-order valence-electron chi connectivity index (χ4n) is 0.781. The molecule has 0 saturated heterocycles. The number of hydrogen-bond donors (Lipinski definition) is 2. The lowest BCUT2D eigenvalue weighted by molar-refractivity contribution is -0.117. The number of carbonyl (C=O) groups is 1. The Bertz CT molecular complexity index is 300. The molecule has 1 amide bonds. The Morgan fingerprint density at radius 3 is 2.46 bits per heavy atom. The van der Waals surface area contributed by atoms with Gasteiger partial charge >= 0.3 is 0 Å². The third-order valence-electron chi connectivity index (χ3n) is 1.33. The predicted octanol–water partition coefficient (Wildman–Crippen LogP) is 0.427. The Hall–Kier alpha value is -1.20. The van der Waals surface area contributed by atoms with Crippen LogP contribution in [0.5, 0.6) is 0 Å². The fourth-order valence-corrected chi connectivity index (χ4v) is 1.54. The molecule has 0 saturated carbocycles. The summed E-state index contributed by atoms with van der Waals surface area (Å²) in [6.07, 6.45) is 0. The smallest absolute Gasteiger partial charge is 0.258 e. The van der Waals surface area contributed by atoms with Crippen LogP contribution in [0.25, 0.3) is 0 Å². The van der Waals surface area contributed by atoms with Gasteiger partial charge in [0.15, 0.2) is 4.90 Å². The molecule has 0 heterocycles. The van der Waals surface area contributed by atoms with Crippen LogP contribution >= 0.6 is 0 Å². The number of carbonyl (C=O) groups excluding carboxylic acids is 1. The summed E-state index contributed by atoms with van der Waals surface area (Å²) in [6.45, 7) is 1.31. The van der Waals surface area contributed by atoms with E-state index >= 15 is 0 Å². The van der Waals surface area contributed by atoms with Gasteiger partial charge in [-0.2, -0.15) is 4.72 Å². The van der Waals surface area contributed by atoms with Crippen molar-refractivity contribution >= 4 is 23.0 Å². The van der Waals surface area contributed by atoms with E-state index in [1.54, 1.807) is 24.3 Å². The summed E-state index contributed by atoms with van der Waals surface area (Å²) < 4.78 is 13.6. The minimum Gasteiger partial charge on any atom is -0.588 e. The van der Waals surface area contributed by atoms with Gasteiger partial charge in [-0.15, -0.1) is 0 Å². The minimum atomic E-state index is -1.48. The Kier molecular flexibility index (Phi) is 3.16. The Balaban J connectivity index is 2.71. The van der Waals surface area contributed by atoms with Gasteiger partial charge in [-0.05, 0) is 24.3 Å². The average Bonchev–Trinajstić information content (AvgIpc) is 2.04. The Labute approximate surface area is 79.4 Å². The second kappa shape index (κ2) is 4.15. The second-order valence-corrected chi connectivity index (χ2v) is 3.71. The normalized spacial score (nSPS) is 12.2. The van der Waals surface area contributed by atoms with E-state index in [-0.39, 0.29) is 5.91 Å². The van der Waals surface area contributed by atoms with Crippen LogP contribution in [0, 0.1) is 0 Å². The zero-order valence-corrected chi connectivity index (χ0v) is 7.93. The van der Waals surface area contributed by atoms with Crippen molar-refractivity contribution in [2.75, 3.05) is 5.73 Å². The minimum absolute atomic E-state index is 0.324. The molecule has 1 aromatic rings. The molecule has 70 valence electrons. The van der Waals surface area contributed by atoms with E-state index < -0.39 is 11.4 Å². The molecule has 0 fully saturated rings. The molecule has 1 rings (SSSR count). The number of benzene rings is 1. The van der Waals surface area contributed by atoms with Gasteiger partial charge in [-0.1, -0.05) is 0 Å². The number of nitrogens with two attached hydrogens (primary N) is 1. The topological polar surface area (TPSA) is 78.2 Å². The lowest BCUT2D eigenvalue weighted by Crippen LogP contribution is -2.28. The fraction of sp³-hybridized carbons (Fsp3) is 0.125. The van der Waals surface area contributed by atoms with Crippen LogP contribution in [0.15, 0.2) is 29.2 Å². The van der Waals surface area contributed by atoms with Gasteiger partial charge in [0.05, 0.1) is 0 Å². The maximum atomic E-state index is 11.3. The number of rotatable bonds is 2. The van der Waals surface area contributed by atoms with E-state index in [0.717, 1.165) is 0 Å². The third kappa shape index (κ3) is 2.96. The average molecular weight is 198 g/mol. The van der Waals surface area contributed by atoms with Gasteiger partial charge in [0.1, 0.15) is 11.4 Å². The highest BCUT2D eigenvalue weighted by atomic mass is 32.2. The first-order chi connectivity index (χ1) is 6.09. The Morgan fingerprint density at radius 1 is 1.46 bits per heavy atom. The summed E-state index contributed by atoms with van der Waals surface area (Å²) in [7, 11) is 0. The van der Waals surface area contributed by atoms with Crippen molar-refractivity contribution in [1.29, 1.82) is 0 Å². The highest BCUT2D eigenvalue weighted by Gasteiger charge is 2.11. The number of nitrogens with one attached hydrogen (secondary N) is 1. The number of hydrogen-bond acceptors (Lipinski definition) is 3. The molecular formula is C8H10N2O2S.